The zero-order chi connectivity index (χ0) is 8.86. The highest BCUT2D eigenvalue weighted by Gasteiger charge is 2.47. The van der Waals surface area contributed by atoms with Gasteiger partial charge < -0.3 is 5.11 Å². The highest BCUT2D eigenvalue weighted by Crippen LogP contribution is 2.29. The van der Waals surface area contributed by atoms with Crippen LogP contribution in [0.3, 0.4) is 0 Å². The van der Waals surface area contributed by atoms with E-state index in [0.29, 0.717) is 0 Å². The van der Waals surface area contributed by atoms with Gasteiger partial charge in [0, 0.05) is 7.05 Å². The first-order chi connectivity index (χ1) is 4.78. The Balaban J connectivity index is 3.09. The molecule has 1 fully saturated rings. The van der Waals surface area contributed by atoms with Crippen molar-refractivity contribution >= 4 is 10.0 Å². The Morgan fingerprint density at radius 1 is 1.55 bits per heavy atom. The molecule has 1 heterocycles. The van der Waals surface area contributed by atoms with E-state index in [-0.39, 0.29) is 5.75 Å². The lowest BCUT2D eigenvalue weighted by Crippen LogP contribution is -2.43. The topological polar surface area (TPSA) is 57.6 Å². The van der Waals surface area contributed by atoms with E-state index in [0.717, 1.165) is 0 Å². The zero-order valence-electron chi connectivity index (χ0n) is 6.90. The standard InChI is InChI=1S/C6H13NO3S/c1-6(2)5(8)4-11(9,10)7(6)3/h5,8H,4H2,1-3H3. The number of likely N-dealkylation sites (N-methyl/N-ethyl adjacent to an activating group) is 1. The quantitative estimate of drug-likeness (QED) is 0.540. The molecule has 1 N–H and O–H groups in total. The van der Waals surface area contributed by atoms with Crippen molar-refractivity contribution in [1.29, 1.82) is 0 Å². The summed E-state index contributed by atoms with van der Waals surface area (Å²) in [4.78, 5) is 0. The molecule has 0 bridgehead atoms. The summed E-state index contributed by atoms with van der Waals surface area (Å²) >= 11 is 0. The molecule has 1 saturated heterocycles. The molecule has 66 valence electrons. The molecule has 0 radical (unpaired) electrons. The van der Waals surface area contributed by atoms with Gasteiger partial charge in [0.1, 0.15) is 0 Å². The normalized spacial score (nSPS) is 35.8. The van der Waals surface area contributed by atoms with Crippen molar-refractivity contribution in [1.82, 2.24) is 4.31 Å². The van der Waals surface area contributed by atoms with Crippen LogP contribution in [0.25, 0.3) is 0 Å². The van der Waals surface area contributed by atoms with Crippen LogP contribution in [-0.2, 0) is 10.0 Å². The van der Waals surface area contributed by atoms with Crippen LogP contribution in [0.2, 0.25) is 0 Å². The summed E-state index contributed by atoms with van der Waals surface area (Å²) in [6.45, 7) is 3.42. The summed E-state index contributed by atoms with van der Waals surface area (Å²) in [6, 6.07) is 0. The molecule has 4 nitrogen and oxygen atoms in total. The molecule has 0 saturated carbocycles. The van der Waals surface area contributed by atoms with Gasteiger partial charge in [-0.2, -0.15) is 4.31 Å². The van der Waals surface area contributed by atoms with Crippen LogP contribution in [-0.4, -0.2) is 42.3 Å². The maximum Gasteiger partial charge on any atom is 0.217 e. The predicted molar refractivity (Wildman–Crippen MR) is 41.6 cm³/mol. The minimum absolute atomic E-state index is 0.156. The van der Waals surface area contributed by atoms with Crippen LogP contribution in [0.4, 0.5) is 0 Å². The fraction of sp³-hybridized carbons (Fsp3) is 1.00. The lowest BCUT2D eigenvalue weighted by Gasteiger charge is -2.27. The number of rotatable bonds is 0. The fourth-order valence-electron chi connectivity index (χ4n) is 1.08. The third-order valence-electron chi connectivity index (χ3n) is 2.41. The number of aliphatic hydroxyl groups excluding tert-OH is 1. The molecule has 0 aromatic rings. The van der Waals surface area contributed by atoms with Gasteiger partial charge in [-0.15, -0.1) is 0 Å². The van der Waals surface area contributed by atoms with Gasteiger partial charge in [-0.25, -0.2) is 8.42 Å². The number of hydrogen-bond acceptors (Lipinski definition) is 3. The molecular formula is C6H13NO3S. The second kappa shape index (κ2) is 2.18. The average molecular weight is 179 g/mol. The van der Waals surface area contributed by atoms with Crippen LogP contribution in [0.15, 0.2) is 0 Å². The predicted octanol–water partition coefficient (Wildman–Crippen LogP) is -0.599. The second-order valence-electron chi connectivity index (χ2n) is 3.42. The molecule has 0 amide bonds. The van der Waals surface area contributed by atoms with Crippen LogP contribution >= 0.6 is 0 Å². The average Bonchev–Trinajstić information content (AvgIpc) is 1.94. The van der Waals surface area contributed by atoms with Crippen LogP contribution < -0.4 is 0 Å². The van der Waals surface area contributed by atoms with Crippen LogP contribution in [0.1, 0.15) is 13.8 Å². The summed E-state index contributed by atoms with van der Waals surface area (Å²) in [5.74, 6) is -0.156. The fourth-order valence-corrected chi connectivity index (χ4v) is 2.95. The molecule has 1 rings (SSSR count). The zero-order valence-corrected chi connectivity index (χ0v) is 7.72. The highest BCUT2D eigenvalue weighted by molar-refractivity contribution is 7.89. The van der Waals surface area contributed by atoms with E-state index >= 15 is 0 Å². The molecule has 1 aliphatic rings. The monoisotopic (exact) mass is 179 g/mol. The smallest absolute Gasteiger partial charge is 0.217 e. The van der Waals surface area contributed by atoms with E-state index in [1.54, 1.807) is 13.8 Å². The van der Waals surface area contributed by atoms with Crippen molar-refractivity contribution in [2.45, 2.75) is 25.5 Å². The number of aliphatic hydroxyl groups is 1. The lowest BCUT2D eigenvalue weighted by molar-refractivity contribution is 0.0825. The van der Waals surface area contributed by atoms with Gasteiger partial charge in [0.15, 0.2) is 0 Å². The third-order valence-corrected chi connectivity index (χ3v) is 4.45. The molecule has 1 unspecified atom stereocenters. The van der Waals surface area contributed by atoms with Crippen LogP contribution in [0, 0.1) is 0 Å². The molecule has 1 aliphatic heterocycles. The van der Waals surface area contributed by atoms with Crippen molar-refractivity contribution in [3.63, 3.8) is 0 Å². The van der Waals surface area contributed by atoms with Gasteiger partial charge >= 0.3 is 0 Å². The first-order valence-corrected chi connectivity index (χ1v) is 5.04. The Labute approximate surface area is 66.9 Å². The minimum atomic E-state index is -3.20. The van der Waals surface area contributed by atoms with E-state index in [9.17, 15) is 13.5 Å². The summed E-state index contributed by atoms with van der Waals surface area (Å²) in [6.07, 6.45) is -0.780. The van der Waals surface area contributed by atoms with Crippen molar-refractivity contribution < 1.29 is 13.5 Å². The lowest BCUT2D eigenvalue weighted by atomic mass is 10.00. The van der Waals surface area contributed by atoms with E-state index in [1.807, 2.05) is 0 Å². The molecule has 5 heteroatoms. The van der Waals surface area contributed by atoms with Gasteiger partial charge in [0.05, 0.1) is 17.4 Å². The molecular weight excluding hydrogens is 166 g/mol. The first kappa shape index (κ1) is 8.96. The maximum absolute atomic E-state index is 11.2. The SMILES string of the molecule is CN1C(C)(C)C(O)CS1(=O)=O. The molecule has 0 aromatic heterocycles. The summed E-state index contributed by atoms with van der Waals surface area (Å²) in [5.41, 5.74) is -0.654. The summed E-state index contributed by atoms with van der Waals surface area (Å²) in [5, 5.41) is 9.34. The van der Waals surface area contributed by atoms with Crippen molar-refractivity contribution in [3.8, 4) is 0 Å². The van der Waals surface area contributed by atoms with Crippen LogP contribution in [0.5, 0.6) is 0 Å². The van der Waals surface area contributed by atoms with Crippen molar-refractivity contribution in [2.75, 3.05) is 12.8 Å². The highest BCUT2D eigenvalue weighted by atomic mass is 32.2. The first-order valence-electron chi connectivity index (χ1n) is 3.43. The molecule has 0 aliphatic carbocycles. The summed E-state index contributed by atoms with van der Waals surface area (Å²) < 4.78 is 23.5. The van der Waals surface area contributed by atoms with Gasteiger partial charge in [0.25, 0.3) is 0 Å². The van der Waals surface area contributed by atoms with E-state index < -0.39 is 21.7 Å². The largest absolute Gasteiger partial charge is 0.390 e. The van der Waals surface area contributed by atoms with E-state index in [1.165, 1.54) is 11.4 Å². The molecule has 0 spiro atoms. The van der Waals surface area contributed by atoms with E-state index in [4.69, 9.17) is 0 Å². The van der Waals surface area contributed by atoms with Gasteiger partial charge in [-0.3, -0.25) is 0 Å². The summed E-state index contributed by atoms with van der Waals surface area (Å²) in [7, 11) is -1.71. The van der Waals surface area contributed by atoms with Gasteiger partial charge in [0.2, 0.25) is 10.0 Å². The molecule has 1 atom stereocenters. The van der Waals surface area contributed by atoms with Crippen molar-refractivity contribution in [3.05, 3.63) is 0 Å². The Hall–Kier alpha value is -0.130. The van der Waals surface area contributed by atoms with Gasteiger partial charge in [-0.05, 0) is 13.8 Å². The Kier molecular flexibility index (Phi) is 1.78. The molecule has 0 aromatic carbocycles. The maximum atomic E-state index is 11.2. The Morgan fingerprint density at radius 3 is 2.09 bits per heavy atom. The van der Waals surface area contributed by atoms with Gasteiger partial charge in [-0.1, -0.05) is 0 Å². The minimum Gasteiger partial charge on any atom is -0.390 e. The second-order valence-corrected chi connectivity index (χ2v) is 5.46. The Bertz CT molecular complexity index is 257. The number of sulfonamides is 1. The van der Waals surface area contributed by atoms with E-state index in [2.05, 4.69) is 0 Å². The number of nitrogens with zero attached hydrogens (tertiary/aromatic N) is 1. The molecule has 11 heavy (non-hydrogen) atoms. The number of hydrogen-bond donors (Lipinski definition) is 1. The third kappa shape index (κ3) is 1.17. The Morgan fingerprint density at radius 2 is 2.00 bits per heavy atom. The van der Waals surface area contributed by atoms with Crippen molar-refractivity contribution in [2.24, 2.45) is 0 Å².